The molecule has 48 heavy (non-hydrogen) atoms. The molecule has 4 N–H and O–H groups in total. The number of carbonyl (C=O) groups is 1. The predicted octanol–water partition coefficient (Wildman–Crippen LogP) is 6.12. The van der Waals surface area contributed by atoms with E-state index in [-0.39, 0.29) is 35.7 Å². The number of hydrazine groups is 1. The Hall–Kier alpha value is -3.46. The number of urea groups is 1. The molecule has 0 saturated heterocycles. The molecule has 3 aromatic rings. The molecule has 7 rings (SSSR count). The van der Waals surface area contributed by atoms with Crippen LogP contribution in [0.3, 0.4) is 0 Å². The quantitative estimate of drug-likeness (QED) is 0.126. The maximum atomic E-state index is 13.5. The molecule has 0 radical (unpaired) electrons. The topological polar surface area (TPSA) is 151 Å². The van der Waals surface area contributed by atoms with E-state index in [9.17, 15) is 20.0 Å². The van der Waals surface area contributed by atoms with Crippen LogP contribution in [-0.2, 0) is 17.7 Å². The summed E-state index contributed by atoms with van der Waals surface area (Å²) in [5.41, 5.74) is 9.02. The minimum absolute atomic E-state index is 0.00544. The highest BCUT2D eigenvalue weighted by Crippen LogP contribution is 2.62. The summed E-state index contributed by atoms with van der Waals surface area (Å²) in [6.07, 6.45) is 5.66. The van der Waals surface area contributed by atoms with Crippen LogP contribution in [-0.4, -0.2) is 64.2 Å². The molecule has 0 bridgehead atoms. The van der Waals surface area contributed by atoms with Gasteiger partial charge in [-0.25, -0.2) is 10.2 Å². The van der Waals surface area contributed by atoms with Crippen molar-refractivity contribution in [3.63, 3.8) is 0 Å². The van der Waals surface area contributed by atoms with E-state index in [1.807, 2.05) is 19.1 Å². The van der Waals surface area contributed by atoms with Crippen molar-refractivity contribution < 1.29 is 28.7 Å². The van der Waals surface area contributed by atoms with Gasteiger partial charge in [0.15, 0.2) is 0 Å². The van der Waals surface area contributed by atoms with Crippen LogP contribution in [0.15, 0.2) is 57.6 Å². The number of ether oxygens (including phenoxy) is 2. The van der Waals surface area contributed by atoms with Gasteiger partial charge < -0.3 is 34.6 Å². The molecule has 1 aromatic heterocycles. The molecule has 256 valence electrons. The number of hydrogen-bond acceptors (Lipinski definition) is 10. The highest BCUT2D eigenvalue weighted by atomic mass is 79.9. The average molecular weight is 743 g/mol. The Balaban J connectivity index is 1.27. The Bertz CT molecular complexity index is 1640. The van der Waals surface area contributed by atoms with Crippen molar-refractivity contribution in [3.05, 3.63) is 80.2 Å². The van der Waals surface area contributed by atoms with Gasteiger partial charge in [-0.1, -0.05) is 0 Å². The zero-order chi connectivity index (χ0) is 33.4. The lowest BCUT2D eigenvalue weighted by atomic mass is 9.63. The van der Waals surface area contributed by atoms with Gasteiger partial charge in [0.1, 0.15) is 27.8 Å². The predicted molar refractivity (Wildman–Crippen MR) is 185 cm³/mol. The van der Waals surface area contributed by atoms with Crippen LogP contribution in [0.1, 0.15) is 55.9 Å². The second-order valence-electron chi connectivity index (χ2n) is 13.1. The lowest BCUT2D eigenvalue weighted by Crippen LogP contribution is -2.59. The summed E-state index contributed by atoms with van der Waals surface area (Å²) >= 11 is 5.67. The number of carbonyl (C=O) groups excluding carboxylic acids is 1. The maximum Gasteiger partial charge on any atom is 0.318 e. The van der Waals surface area contributed by atoms with Gasteiger partial charge in [-0.05, 0) is 90.4 Å². The van der Waals surface area contributed by atoms with E-state index in [2.05, 4.69) is 38.2 Å². The number of thioether (sulfide) groups is 1. The number of furan rings is 1. The van der Waals surface area contributed by atoms with E-state index in [4.69, 9.17) is 13.9 Å². The maximum absolute atomic E-state index is 13.5. The zero-order valence-electron chi connectivity index (χ0n) is 26.7. The monoisotopic (exact) mass is 741 g/mol. The minimum atomic E-state index is -0.528. The fourth-order valence-corrected chi connectivity index (χ4v) is 9.54. The highest BCUT2D eigenvalue weighted by molar-refractivity contribution is 9.10. The molecule has 1 spiro atoms. The summed E-state index contributed by atoms with van der Waals surface area (Å²) in [6.45, 7) is 3.15. The first kappa shape index (κ1) is 33.1. The molecular weight excluding hydrogens is 702 g/mol. The largest absolute Gasteiger partial charge is 0.492 e. The second-order valence-corrected chi connectivity index (χ2v) is 15.1. The Kier molecular flexibility index (Phi) is 9.51. The molecule has 2 fully saturated rings. The van der Waals surface area contributed by atoms with E-state index >= 15 is 0 Å². The standard InChI is InChI=1S/C34H40BrN5O7S/c1-2-36-33(42)39-16-21-12-27(46-18-20-5-6-20)31(35)32-30(21)34(15-25(39)17-41)28(47-32)13-23(14-29(34)48-19-26-4-3-11-45-26)38-37-22-7-9-24(10-8-22)40(43)44/h3-4,7-12,20,23,25,28-29,37-38,41H,2,5-6,13-19H2,1H3,(H,36,42)/t23-,25+,28-,29-,34-/m1/s1. The van der Waals surface area contributed by atoms with Crippen molar-refractivity contribution in [2.24, 2.45) is 5.92 Å². The number of anilines is 1. The number of non-ortho nitro benzene ring substituents is 1. The summed E-state index contributed by atoms with van der Waals surface area (Å²) < 4.78 is 19.9. The van der Waals surface area contributed by atoms with Crippen LogP contribution in [0.25, 0.3) is 0 Å². The summed E-state index contributed by atoms with van der Waals surface area (Å²) in [5.74, 6) is 3.53. The third-order valence-corrected chi connectivity index (χ3v) is 12.2. The second kappa shape index (κ2) is 13.8. The van der Waals surface area contributed by atoms with Gasteiger partial charge in [-0.15, -0.1) is 11.8 Å². The molecule has 5 atom stereocenters. The van der Waals surface area contributed by atoms with Gasteiger partial charge in [0, 0.05) is 54.2 Å². The number of halogens is 1. The molecule has 4 aliphatic rings. The number of aliphatic hydroxyl groups excluding tert-OH is 1. The number of nitrogens with one attached hydrogen (secondary N) is 3. The van der Waals surface area contributed by atoms with Gasteiger partial charge in [0.25, 0.3) is 5.69 Å². The fraction of sp³-hybridized carbons (Fsp3) is 0.500. The molecule has 3 heterocycles. The third-order valence-electron chi connectivity index (χ3n) is 9.97. The lowest BCUT2D eigenvalue weighted by Gasteiger charge is -2.48. The van der Waals surface area contributed by atoms with Crippen molar-refractivity contribution in [1.82, 2.24) is 15.6 Å². The molecule has 2 aromatic carbocycles. The van der Waals surface area contributed by atoms with E-state index in [0.29, 0.717) is 55.6 Å². The number of benzene rings is 2. The Labute approximate surface area is 291 Å². The number of hydrogen-bond donors (Lipinski definition) is 4. The number of nitrogens with zero attached hydrogens (tertiary/aromatic N) is 2. The van der Waals surface area contributed by atoms with E-state index in [0.717, 1.165) is 46.4 Å². The molecule has 14 heteroatoms. The Morgan fingerprint density at radius 3 is 2.75 bits per heavy atom. The number of nitro groups is 1. The van der Waals surface area contributed by atoms with Crippen molar-refractivity contribution in [3.8, 4) is 11.5 Å². The van der Waals surface area contributed by atoms with Gasteiger partial charge in [0.2, 0.25) is 0 Å². The van der Waals surface area contributed by atoms with Crippen LogP contribution in [0, 0.1) is 16.0 Å². The van der Waals surface area contributed by atoms with Crippen molar-refractivity contribution in [1.29, 1.82) is 0 Å². The van der Waals surface area contributed by atoms with Crippen LogP contribution >= 0.6 is 27.7 Å². The van der Waals surface area contributed by atoms with Crippen LogP contribution < -0.4 is 25.6 Å². The lowest BCUT2D eigenvalue weighted by molar-refractivity contribution is -0.384. The fourth-order valence-electron chi connectivity index (χ4n) is 7.46. The van der Waals surface area contributed by atoms with E-state index in [1.165, 1.54) is 12.1 Å². The Morgan fingerprint density at radius 1 is 1.25 bits per heavy atom. The normalized spacial score (nSPS) is 25.8. The van der Waals surface area contributed by atoms with Crippen molar-refractivity contribution >= 4 is 45.1 Å². The van der Waals surface area contributed by atoms with Gasteiger partial charge >= 0.3 is 6.03 Å². The molecule has 2 aliphatic heterocycles. The molecule has 0 unspecified atom stereocenters. The zero-order valence-corrected chi connectivity index (χ0v) is 29.1. The summed E-state index contributed by atoms with van der Waals surface area (Å²) in [5, 5.41) is 25.0. The van der Waals surface area contributed by atoms with Gasteiger partial charge in [-0.2, -0.15) is 0 Å². The number of aliphatic hydroxyl groups is 1. The molecule has 12 nitrogen and oxygen atoms in total. The SMILES string of the molecule is CCNC(=O)N1Cc2cc(OCC3CC3)c(Br)c3c2[C@]2(C[C@H]1CO)[C@@H](C[C@@H](NNc1ccc([N+](=O)[O-])cc1)C[C@H]2SCc1ccco1)O3. The smallest absolute Gasteiger partial charge is 0.318 e. The van der Waals surface area contributed by atoms with Crippen molar-refractivity contribution in [2.45, 2.75) is 80.2 Å². The summed E-state index contributed by atoms with van der Waals surface area (Å²) in [7, 11) is 0. The van der Waals surface area contributed by atoms with Gasteiger partial charge in [0.05, 0.1) is 41.6 Å². The first-order chi connectivity index (χ1) is 23.3. The van der Waals surface area contributed by atoms with Gasteiger partial charge in [-0.3, -0.25) is 10.1 Å². The van der Waals surface area contributed by atoms with Crippen LogP contribution in [0.4, 0.5) is 16.2 Å². The summed E-state index contributed by atoms with van der Waals surface area (Å²) in [4.78, 5) is 26.0. The molecule has 2 saturated carbocycles. The molecule has 2 aliphatic carbocycles. The molecule has 2 amide bonds. The van der Waals surface area contributed by atoms with E-state index < -0.39 is 16.4 Å². The van der Waals surface area contributed by atoms with Crippen LogP contribution in [0.5, 0.6) is 11.5 Å². The summed E-state index contributed by atoms with van der Waals surface area (Å²) in [6, 6.07) is 11.6. The third kappa shape index (κ3) is 6.35. The van der Waals surface area contributed by atoms with E-state index in [1.54, 1.807) is 35.1 Å². The number of nitro benzene ring substituents is 1. The number of amides is 2. The first-order valence-electron chi connectivity index (χ1n) is 16.5. The number of rotatable bonds is 12. The molecular formula is C34H40BrN5O7S. The van der Waals surface area contributed by atoms with Crippen molar-refractivity contribution in [2.75, 3.05) is 25.2 Å². The minimum Gasteiger partial charge on any atom is -0.492 e. The first-order valence-corrected chi connectivity index (χ1v) is 18.4. The highest BCUT2D eigenvalue weighted by Gasteiger charge is 2.61. The van der Waals surface area contributed by atoms with Crippen LogP contribution in [0.2, 0.25) is 0 Å². The Morgan fingerprint density at radius 2 is 2.06 bits per heavy atom. The average Bonchev–Trinajstić information content (AvgIpc) is 3.69.